The van der Waals surface area contributed by atoms with E-state index < -0.39 is 5.41 Å². The van der Waals surface area contributed by atoms with E-state index in [1.165, 1.54) is 13.0 Å². The van der Waals surface area contributed by atoms with Crippen LogP contribution in [0.2, 0.25) is 5.02 Å². The molecule has 1 aliphatic rings. The van der Waals surface area contributed by atoms with Gasteiger partial charge < -0.3 is 0 Å². The van der Waals surface area contributed by atoms with E-state index in [0.29, 0.717) is 10.6 Å². The predicted molar refractivity (Wildman–Crippen MR) is 53.0 cm³/mol. The molecule has 1 saturated carbocycles. The number of hydrogen-bond acceptors (Lipinski definition) is 1. The SMILES string of the molecule is CC(=O)C1(c2ccc(Cl)cc2F)CC1. The van der Waals surface area contributed by atoms with E-state index in [1.54, 1.807) is 12.1 Å². The minimum atomic E-state index is -0.547. The Kier molecular flexibility index (Phi) is 2.11. The monoisotopic (exact) mass is 212 g/mol. The summed E-state index contributed by atoms with van der Waals surface area (Å²) in [6, 6.07) is 4.51. The van der Waals surface area contributed by atoms with Gasteiger partial charge in [-0.2, -0.15) is 0 Å². The van der Waals surface area contributed by atoms with Crippen LogP contribution in [-0.4, -0.2) is 5.78 Å². The maximum absolute atomic E-state index is 13.5. The molecule has 1 fully saturated rings. The summed E-state index contributed by atoms with van der Waals surface area (Å²) in [5.74, 6) is -0.330. The van der Waals surface area contributed by atoms with E-state index in [-0.39, 0.29) is 11.6 Å². The molecule has 0 unspecified atom stereocenters. The minimum Gasteiger partial charge on any atom is -0.299 e. The molecule has 0 amide bonds. The number of hydrogen-bond donors (Lipinski definition) is 0. The molecule has 2 rings (SSSR count). The lowest BCUT2D eigenvalue weighted by molar-refractivity contribution is -0.119. The van der Waals surface area contributed by atoms with Crippen LogP contribution in [-0.2, 0) is 10.2 Å². The van der Waals surface area contributed by atoms with Crippen molar-refractivity contribution in [2.45, 2.75) is 25.2 Å². The number of Topliss-reactive ketones (excluding diaryl/α,β-unsaturated/α-hetero) is 1. The van der Waals surface area contributed by atoms with E-state index in [0.717, 1.165) is 12.8 Å². The van der Waals surface area contributed by atoms with Gasteiger partial charge in [0.25, 0.3) is 0 Å². The predicted octanol–water partition coefficient (Wildman–Crippen LogP) is 3.10. The van der Waals surface area contributed by atoms with Gasteiger partial charge in [0.1, 0.15) is 11.6 Å². The van der Waals surface area contributed by atoms with Crippen molar-refractivity contribution < 1.29 is 9.18 Å². The maximum atomic E-state index is 13.5. The largest absolute Gasteiger partial charge is 0.299 e. The standard InChI is InChI=1S/C11H10ClFO/c1-7(14)11(4-5-11)9-3-2-8(12)6-10(9)13/h2-3,6H,4-5H2,1H3. The Balaban J connectivity index is 2.47. The second-order valence-corrected chi connectivity index (χ2v) is 4.20. The average molecular weight is 213 g/mol. The van der Waals surface area contributed by atoms with Gasteiger partial charge in [0, 0.05) is 10.6 Å². The summed E-state index contributed by atoms with van der Waals surface area (Å²) in [5, 5.41) is 0.366. The molecule has 1 aliphatic carbocycles. The summed E-state index contributed by atoms with van der Waals surface area (Å²) in [5.41, 5.74) is -0.0521. The van der Waals surface area contributed by atoms with Crippen LogP contribution >= 0.6 is 11.6 Å². The van der Waals surface area contributed by atoms with Crippen molar-refractivity contribution in [2.75, 3.05) is 0 Å². The smallest absolute Gasteiger partial charge is 0.140 e. The molecule has 0 heterocycles. The summed E-state index contributed by atoms with van der Waals surface area (Å²) in [6.45, 7) is 1.51. The quantitative estimate of drug-likeness (QED) is 0.736. The van der Waals surface area contributed by atoms with E-state index in [9.17, 15) is 9.18 Å². The van der Waals surface area contributed by atoms with Crippen molar-refractivity contribution in [1.82, 2.24) is 0 Å². The fourth-order valence-corrected chi connectivity index (χ4v) is 1.97. The second-order valence-electron chi connectivity index (χ2n) is 3.76. The topological polar surface area (TPSA) is 17.1 Å². The van der Waals surface area contributed by atoms with Crippen molar-refractivity contribution >= 4 is 17.4 Å². The minimum absolute atomic E-state index is 0.0405. The summed E-state index contributed by atoms with van der Waals surface area (Å²) < 4.78 is 13.5. The normalized spacial score (nSPS) is 17.9. The van der Waals surface area contributed by atoms with Gasteiger partial charge in [0.2, 0.25) is 0 Å². The van der Waals surface area contributed by atoms with Crippen molar-refractivity contribution in [3.8, 4) is 0 Å². The van der Waals surface area contributed by atoms with E-state index in [1.807, 2.05) is 0 Å². The molecule has 74 valence electrons. The van der Waals surface area contributed by atoms with E-state index in [2.05, 4.69) is 0 Å². The van der Waals surface area contributed by atoms with Crippen LogP contribution < -0.4 is 0 Å². The number of benzene rings is 1. The third-order valence-electron chi connectivity index (χ3n) is 2.87. The number of carbonyl (C=O) groups is 1. The maximum Gasteiger partial charge on any atom is 0.140 e. The lowest BCUT2D eigenvalue weighted by Gasteiger charge is -2.12. The fraction of sp³-hybridized carbons (Fsp3) is 0.364. The van der Waals surface area contributed by atoms with Crippen LogP contribution in [0.25, 0.3) is 0 Å². The van der Waals surface area contributed by atoms with Crippen LogP contribution in [0.1, 0.15) is 25.3 Å². The summed E-state index contributed by atoms with van der Waals surface area (Å²) in [6.07, 6.45) is 1.50. The Morgan fingerprint density at radius 3 is 2.57 bits per heavy atom. The summed E-state index contributed by atoms with van der Waals surface area (Å²) in [7, 11) is 0. The van der Waals surface area contributed by atoms with Gasteiger partial charge in [-0.25, -0.2) is 4.39 Å². The number of halogens is 2. The molecule has 1 aromatic rings. The lowest BCUT2D eigenvalue weighted by Crippen LogP contribution is -2.18. The molecule has 14 heavy (non-hydrogen) atoms. The Morgan fingerprint density at radius 2 is 2.14 bits per heavy atom. The highest BCUT2D eigenvalue weighted by Crippen LogP contribution is 2.49. The molecule has 3 heteroatoms. The van der Waals surface area contributed by atoms with Crippen molar-refractivity contribution in [2.24, 2.45) is 0 Å². The molecule has 0 atom stereocenters. The third kappa shape index (κ3) is 1.34. The average Bonchev–Trinajstić information content (AvgIpc) is 2.84. The molecule has 0 radical (unpaired) electrons. The van der Waals surface area contributed by atoms with Gasteiger partial charge in [-0.1, -0.05) is 17.7 Å². The molecule has 0 bridgehead atoms. The van der Waals surface area contributed by atoms with Crippen LogP contribution in [0.5, 0.6) is 0 Å². The van der Waals surface area contributed by atoms with Gasteiger partial charge >= 0.3 is 0 Å². The Bertz CT molecular complexity index is 396. The van der Waals surface area contributed by atoms with Crippen molar-refractivity contribution in [3.05, 3.63) is 34.6 Å². The van der Waals surface area contributed by atoms with Gasteiger partial charge in [0.15, 0.2) is 0 Å². The molecule has 0 aromatic heterocycles. The Morgan fingerprint density at radius 1 is 1.50 bits per heavy atom. The molecule has 1 aromatic carbocycles. The summed E-state index contributed by atoms with van der Waals surface area (Å²) >= 11 is 5.64. The molecule has 1 nitrogen and oxygen atoms in total. The first-order valence-corrected chi connectivity index (χ1v) is 4.91. The van der Waals surface area contributed by atoms with E-state index in [4.69, 9.17) is 11.6 Å². The van der Waals surface area contributed by atoms with Gasteiger partial charge in [-0.3, -0.25) is 4.79 Å². The zero-order valence-electron chi connectivity index (χ0n) is 7.81. The second kappa shape index (κ2) is 3.06. The third-order valence-corrected chi connectivity index (χ3v) is 3.11. The first-order chi connectivity index (χ1) is 6.56. The van der Waals surface area contributed by atoms with Crippen LogP contribution in [0, 0.1) is 5.82 Å². The highest BCUT2D eigenvalue weighted by molar-refractivity contribution is 6.30. The molecular weight excluding hydrogens is 203 g/mol. The van der Waals surface area contributed by atoms with Crippen molar-refractivity contribution in [3.63, 3.8) is 0 Å². The highest BCUT2D eigenvalue weighted by atomic mass is 35.5. The van der Waals surface area contributed by atoms with Crippen molar-refractivity contribution in [1.29, 1.82) is 0 Å². The van der Waals surface area contributed by atoms with Gasteiger partial charge in [0.05, 0.1) is 5.41 Å². The zero-order valence-corrected chi connectivity index (χ0v) is 8.57. The molecule has 0 N–H and O–H groups in total. The van der Waals surface area contributed by atoms with Gasteiger partial charge in [-0.05, 0) is 31.9 Å². The molecule has 0 spiro atoms. The first-order valence-electron chi connectivity index (χ1n) is 4.53. The van der Waals surface area contributed by atoms with Crippen LogP contribution in [0.15, 0.2) is 18.2 Å². The Labute approximate surface area is 86.9 Å². The lowest BCUT2D eigenvalue weighted by atomic mass is 9.92. The molecular formula is C11H10ClFO. The van der Waals surface area contributed by atoms with Crippen LogP contribution in [0.3, 0.4) is 0 Å². The zero-order chi connectivity index (χ0) is 10.3. The number of carbonyl (C=O) groups excluding carboxylic acids is 1. The fourth-order valence-electron chi connectivity index (χ4n) is 1.81. The van der Waals surface area contributed by atoms with Gasteiger partial charge in [-0.15, -0.1) is 0 Å². The van der Waals surface area contributed by atoms with Crippen LogP contribution in [0.4, 0.5) is 4.39 Å². The highest BCUT2D eigenvalue weighted by Gasteiger charge is 2.50. The summed E-state index contributed by atoms with van der Waals surface area (Å²) in [4.78, 5) is 11.4. The first kappa shape index (κ1) is 9.66. The number of ketones is 1. The number of rotatable bonds is 2. The Hall–Kier alpha value is -0.890. The molecule has 0 saturated heterocycles. The van der Waals surface area contributed by atoms with E-state index >= 15 is 0 Å². The molecule has 0 aliphatic heterocycles.